The van der Waals surface area contributed by atoms with Gasteiger partial charge in [0.1, 0.15) is 0 Å². The molecule has 0 aromatic carbocycles. The van der Waals surface area contributed by atoms with Crippen LogP contribution in [0.15, 0.2) is 0 Å². The van der Waals surface area contributed by atoms with Crippen molar-refractivity contribution in [2.45, 2.75) is 19.9 Å². The smallest absolute Gasteiger partial charge is 0.377 e. The highest BCUT2D eigenvalue weighted by molar-refractivity contribution is 6.60. The third-order valence-electron chi connectivity index (χ3n) is 1.62. The first kappa shape index (κ1) is 14.6. The zero-order valence-electron chi connectivity index (χ0n) is 7.42. The molecule has 0 aromatic rings. The summed E-state index contributed by atoms with van der Waals surface area (Å²) in [5.41, 5.74) is 5.36. The molecule has 4 nitrogen and oxygen atoms in total. The van der Waals surface area contributed by atoms with E-state index in [0.717, 1.165) is 12.5 Å². The normalized spacial score (nSPS) is 11.0. The standard InChI is InChI=1S/C6H17NO3Si.CH4/c1-8-11(9-2,10-3)6-4-5-7;/h4-7H2,1-3H3;1H4. The Balaban J connectivity index is 0. The van der Waals surface area contributed by atoms with Gasteiger partial charge in [-0.2, -0.15) is 0 Å². The van der Waals surface area contributed by atoms with E-state index in [-0.39, 0.29) is 7.43 Å². The average Bonchev–Trinajstić information content (AvgIpc) is 2.08. The van der Waals surface area contributed by atoms with Gasteiger partial charge in [0.05, 0.1) is 0 Å². The van der Waals surface area contributed by atoms with Crippen LogP contribution in [0.25, 0.3) is 0 Å². The first-order valence-electron chi connectivity index (χ1n) is 3.60. The zero-order chi connectivity index (χ0) is 8.74. The van der Waals surface area contributed by atoms with Crippen LogP contribution in [-0.2, 0) is 13.3 Å². The highest BCUT2D eigenvalue weighted by atomic mass is 28.4. The Kier molecular flexibility index (Phi) is 9.34. The lowest BCUT2D eigenvalue weighted by Crippen LogP contribution is -2.42. The zero-order valence-corrected chi connectivity index (χ0v) is 8.42. The monoisotopic (exact) mass is 195 g/mol. The van der Waals surface area contributed by atoms with Crippen molar-refractivity contribution in [1.82, 2.24) is 0 Å². The fourth-order valence-corrected chi connectivity index (χ4v) is 2.62. The molecule has 0 rings (SSSR count). The Bertz CT molecular complexity index is 90.4. The van der Waals surface area contributed by atoms with E-state index in [9.17, 15) is 0 Å². The second-order valence-corrected chi connectivity index (χ2v) is 5.28. The number of rotatable bonds is 6. The van der Waals surface area contributed by atoms with Crippen molar-refractivity contribution >= 4 is 8.80 Å². The fraction of sp³-hybridized carbons (Fsp3) is 1.00. The van der Waals surface area contributed by atoms with Crippen molar-refractivity contribution in [2.75, 3.05) is 27.9 Å². The first-order chi connectivity index (χ1) is 5.24. The summed E-state index contributed by atoms with van der Waals surface area (Å²) in [6, 6.07) is 0.785. The fourth-order valence-electron chi connectivity index (χ4n) is 0.875. The summed E-state index contributed by atoms with van der Waals surface area (Å²) in [5, 5.41) is 0. The van der Waals surface area contributed by atoms with Crippen molar-refractivity contribution in [3.8, 4) is 0 Å². The highest BCUT2D eigenvalue weighted by Gasteiger charge is 2.36. The van der Waals surface area contributed by atoms with Gasteiger partial charge in [-0.05, 0) is 13.0 Å². The number of hydrogen-bond donors (Lipinski definition) is 1. The van der Waals surface area contributed by atoms with Gasteiger partial charge in [-0.15, -0.1) is 0 Å². The van der Waals surface area contributed by atoms with Gasteiger partial charge in [0.2, 0.25) is 0 Å². The van der Waals surface area contributed by atoms with Crippen LogP contribution in [-0.4, -0.2) is 36.7 Å². The maximum absolute atomic E-state index is 5.36. The van der Waals surface area contributed by atoms with Crippen LogP contribution in [0.4, 0.5) is 0 Å². The average molecular weight is 195 g/mol. The predicted molar refractivity (Wildman–Crippen MR) is 52.0 cm³/mol. The van der Waals surface area contributed by atoms with Gasteiger partial charge >= 0.3 is 8.80 Å². The molecule has 0 atom stereocenters. The van der Waals surface area contributed by atoms with E-state index in [2.05, 4.69) is 0 Å². The minimum absolute atomic E-state index is 0. The largest absolute Gasteiger partial charge is 0.500 e. The molecule has 0 radical (unpaired) electrons. The first-order valence-corrected chi connectivity index (χ1v) is 5.53. The Morgan fingerprint density at radius 2 is 1.50 bits per heavy atom. The molecule has 12 heavy (non-hydrogen) atoms. The molecule has 0 fully saturated rings. The molecule has 0 aliphatic rings. The minimum Gasteiger partial charge on any atom is -0.377 e. The number of hydrogen-bond acceptors (Lipinski definition) is 4. The lowest BCUT2D eigenvalue weighted by atomic mass is 10.5. The van der Waals surface area contributed by atoms with Gasteiger partial charge < -0.3 is 19.0 Å². The van der Waals surface area contributed by atoms with Crippen LogP contribution in [0.5, 0.6) is 0 Å². The summed E-state index contributed by atoms with van der Waals surface area (Å²) in [6.45, 7) is 0.644. The molecule has 2 N–H and O–H groups in total. The van der Waals surface area contributed by atoms with Gasteiger partial charge in [0.25, 0.3) is 0 Å². The summed E-state index contributed by atoms with van der Waals surface area (Å²) in [7, 11) is 2.50. The molecule has 0 unspecified atom stereocenters. The quantitative estimate of drug-likeness (QED) is 0.638. The maximum atomic E-state index is 5.36. The van der Waals surface area contributed by atoms with Crippen molar-refractivity contribution in [1.29, 1.82) is 0 Å². The van der Waals surface area contributed by atoms with E-state index in [1.54, 1.807) is 21.3 Å². The van der Waals surface area contributed by atoms with Gasteiger partial charge in [-0.25, -0.2) is 0 Å². The van der Waals surface area contributed by atoms with Gasteiger partial charge in [0, 0.05) is 27.4 Å². The van der Waals surface area contributed by atoms with Crippen LogP contribution < -0.4 is 5.73 Å². The lowest BCUT2D eigenvalue weighted by Gasteiger charge is -2.23. The molecule has 0 bridgehead atoms. The molecule has 0 aliphatic carbocycles. The Morgan fingerprint density at radius 1 is 1.08 bits per heavy atom. The molecule has 76 valence electrons. The molecule has 0 saturated heterocycles. The van der Waals surface area contributed by atoms with Crippen LogP contribution in [0.3, 0.4) is 0 Å². The summed E-state index contributed by atoms with van der Waals surface area (Å²) in [4.78, 5) is 0. The van der Waals surface area contributed by atoms with E-state index < -0.39 is 8.80 Å². The third-order valence-corrected chi connectivity index (χ3v) is 4.45. The van der Waals surface area contributed by atoms with Crippen molar-refractivity contribution in [2.24, 2.45) is 5.73 Å². The van der Waals surface area contributed by atoms with Crippen LogP contribution >= 0.6 is 0 Å². The Labute approximate surface area is 76.4 Å². The van der Waals surface area contributed by atoms with Crippen molar-refractivity contribution in [3.05, 3.63) is 0 Å². The van der Waals surface area contributed by atoms with Gasteiger partial charge in [0.15, 0.2) is 0 Å². The summed E-state index contributed by atoms with van der Waals surface area (Å²) in [5.74, 6) is 0. The summed E-state index contributed by atoms with van der Waals surface area (Å²) >= 11 is 0. The molecule has 0 aromatic heterocycles. The van der Waals surface area contributed by atoms with Crippen molar-refractivity contribution in [3.63, 3.8) is 0 Å². The van der Waals surface area contributed by atoms with Gasteiger partial charge in [-0.3, -0.25) is 0 Å². The second-order valence-electron chi connectivity index (χ2n) is 2.19. The molecular weight excluding hydrogens is 174 g/mol. The van der Waals surface area contributed by atoms with Crippen LogP contribution in [0.2, 0.25) is 6.04 Å². The molecular formula is C7H21NO3Si. The van der Waals surface area contributed by atoms with E-state index in [4.69, 9.17) is 19.0 Å². The molecule has 5 heteroatoms. The van der Waals surface area contributed by atoms with Crippen LogP contribution in [0.1, 0.15) is 13.8 Å². The molecule has 0 saturated carbocycles. The lowest BCUT2D eigenvalue weighted by molar-refractivity contribution is 0.123. The van der Waals surface area contributed by atoms with E-state index in [1.165, 1.54) is 0 Å². The van der Waals surface area contributed by atoms with Gasteiger partial charge in [-0.1, -0.05) is 7.43 Å². The highest BCUT2D eigenvalue weighted by Crippen LogP contribution is 2.13. The van der Waals surface area contributed by atoms with Crippen LogP contribution in [0, 0.1) is 0 Å². The third kappa shape index (κ3) is 4.17. The molecule has 0 aliphatic heterocycles. The SMILES string of the molecule is C.CO[Si](CCCN)(OC)OC. The molecule has 0 amide bonds. The maximum Gasteiger partial charge on any atom is 0.500 e. The summed E-state index contributed by atoms with van der Waals surface area (Å²) < 4.78 is 15.5. The number of nitrogens with two attached hydrogens (primary N) is 1. The predicted octanol–water partition coefficient (Wildman–Crippen LogP) is 0.849. The molecule has 0 spiro atoms. The Morgan fingerprint density at radius 3 is 1.75 bits per heavy atom. The van der Waals surface area contributed by atoms with E-state index >= 15 is 0 Å². The Hall–Kier alpha value is 0.0569. The van der Waals surface area contributed by atoms with Crippen molar-refractivity contribution < 1.29 is 13.3 Å². The van der Waals surface area contributed by atoms with E-state index in [1.807, 2.05) is 0 Å². The topological polar surface area (TPSA) is 53.7 Å². The van der Waals surface area contributed by atoms with E-state index in [0.29, 0.717) is 6.54 Å². The second kappa shape index (κ2) is 7.69. The molecule has 0 heterocycles. The summed E-state index contributed by atoms with van der Waals surface area (Å²) in [6.07, 6.45) is 0.877. The minimum atomic E-state index is -2.32.